The van der Waals surface area contributed by atoms with E-state index < -0.39 is 15.9 Å². The number of carbonyl (C=O) groups excluding carboxylic acids is 1. The van der Waals surface area contributed by atoms with Crippen LogP contribution in [0.2, 0.25) is 0 Å². The lowest BCUT2D eigenvalue weighted by Crippen LogP contribution is -2.41. The summed E-state index contributed by atoms with van der Waals surface area (Å²) in [6.07, 6.45) is 2.58. The van der Waals surface area contributed by atoms with E-state index in [2.05, 4.69) is 30.4 Å². The highest BCUT2D eigenvalue weighted by molar-refractivity contribution is 7.90. The minimum atomic E-state index is -4.16. The minimum absolute atomic E-state index is 0.0495. The van der Waals surface area contributed by atoms with Gasteiger partial charge in [0.25, 0.3) is 15.9 Å². The SMILES string of the molecule is CC1CN(c2ncc(-c3ccccc3OC(C)C)cc2C(=O)NS(=O)(=O)c2cccc(N)c2)C(C)(C)C1. The van der Waals surface area contributed by atoms with Gasteiger partial charge in [0.05, 0.1) is 16.6 Å². The zero-order chi connectivity index (χ0) is 27.0. The molecule has 0 bridgehead atoms. The standard InChI is InChI=1S/C28H34N4O4S/c1-18(2)36-25-12-7-6-11-23(25)20-13-24(26(30-16-20)32-17-19(3)15-28(32,4)5)27(33)31-37(34,35)22-10-8-9-21(29)14-22/h6-14,16,18-19H,15,17,29H2,1-5H3,(H,31,33). The summed E-state index contributed by atoms with van der Waals surface area (Å²) < 4.78 is 34.3. The summed E-state index contributed by atoms with van der Waals surface area (Å²) in [6, 6.07) is 15.0. The van der Waals surface area contributed by atoms with Crippen LogP contribution in [0.1, 0.15) is 51.4 Å². The Kier molecular flexibility index (Phi) is 7.19. The van der Waals surface area contributed by atoms with E-state index in [1.807, 2.05) is 38.1 Å². The summed E-state index contributed by atoms with van der Waals surface area (Å²) in [5.74, 6) is 0.731. The van der Waals surface area contributed by atoms with Crippen molar-refractivity contribution < 1.29 is 17.9 Å². The molecule has 2 heterocycles. The number of sulfonamides is 1. The third-order valence-electron chi connectivity index (χ3n) is 6.40. The smallest absolute Gasteiger partial charge is 0.268 e. The maximum atomic E-state index is 13.6. The molecule has 1 aliphatic heterocycles. The normalized spacial score (nSPS) is 17.1. The molecule has 1 aromatic heterocycles. The molecule has 8 nitrogen and oxygen atoms in total. The van der Waals surface area contributed by atoms with Crippen LogP contribution in [-0.2, 0) is 10.0 Å². The first kappa shape index (κ1) is 26.5. The van der Waals surface area contributed by atoms with E-state index in [1.54, 1.807) is 18.3 Å². The zero-order valence-corrected chi connectivity index (χ0v) is 22.7. The molecule has 196 valence electrons. The number of hydrogen-bond donors (Lipinski definition) is 2. The Labute approximate surface area is 218 Å². The molecule has 1 saturated heterocycles. The molecule has 3 N–H and O–H groups in total. The number of pyridine rings is 1. The minimum Gasteiger partial charge on any atom is -0.490 e. The third kappa shape index (κ3) is 5.72. The number of nitrogens with zero attached hydrogens (tertiary/aromatic N) is 2. The number of ether oxygens (including phenoxy) is 1. The maximum absolute atomic E-state index is 13.6. The molecule has 1 amide bonds. The Hall–Kier alpha value is -3.59. The summed E-state index contributed by atoms with van der Waals surface area (Å²) in [6.45, 7) is 10.9. The van der Waals surface area contributed by atoms with E-state index in [0.717, 1.165) is 12.0 Å². The number of nitrogen functional groups attached to an aromatic ring is 1. The second-order valence-electron chi connectivity index (χ2n) is 10.5. The number of para-hydroxylation sites is 1. The first-order chi connectivity index (χ1) is 17.4. The summed E-state index contributed by atoms with van der Waals surface area (Å²) in [4.78, 5) is 20.3. The van der Waals surface area contributed by atoms with E-state index in [1.165, 1.54) is 18.2 Å². The first-order valence-electron chi connectivity index (χ1n) is 12.3. The molecule has 3 aromatic rings. The van der Waals surface area contributed by atoms with Crippen molar-refractivity contribution in [3.05, 3.63) is 66.4 Å². The Balaban J connectivity index is 1.81. The second kappa shape index (κ2) is 10.0. The van der Waals surface area contributed by atoms with Crippen LogP contribution in [0.5, 0.6) is 5.75 Å². The fraction of sp³-hybridized carbons (Fsp3) is 0.357. The highest BCUT2D eigenvalue weighted by Gasteiger charge is 2.39. The van der Waals surface area contributed by atoms with Gasteiger partial charge in [0, 0.05) is 35.1 Å². The molecule has 37 heavy (non-hydrogen) atoms. The highest BCUT2D eigenvalue weighted by atomic mass is 32.2. The average molecular weight is 523 g/mol. The molecule has 1 atom stereocenters. The van der Waals surface area contributed by atoms with Crippen molar-refractivity contribution in [2.75, 3.05) is 17.2 Å². The fourth-order valence-corrected chi connectivity index (χ4v) is 5.95. The Morgan fingerprint density at radius 3 is 2.54 bits per heavy atom. The molecular weight excluding hydrogens is 488 g/mol. The van der Waals surface area contributed by atoms with Gasteiger partial charge >= 0.3 is 0 Å². The lowest BCUT2D eigenvalue weighted by atomic mass is 9.97. The number of carbonyl (C=O) groups is 1. The number of hydrogen-bond acceptors (Lipinski definition) is 7. The van der Waals surface area contributed by atoms with Gasteiger partial charge in [0.2, 0.25) is 0 Å². The van der Waals surface area contributed by atoms with Gasteiger partial charge in [0.1, 0.15) is 11.6 Å². The number of benzene rings is 2. The van der Waals surface area contributed by atoms with Crippen LogP contribution >= 0.6 is 0 Å². The van der Waals surface area contributed by atoms with E-state index in [9.17, 15) is 13.2 Å². The predicted molar refractivity (Wildman–Crippen MR) is 146 cm³/mol. The van der Waals surface area contributed by atoms with E-state index in [0.29, 0.717) is 29.6 Å². The Morgan fingerprint density at radius 1 is 1.16 bits per heavy atom. The van der Waals surface area contributed by atoms with E-state index in [-0.39, 0.29) is 27.8 Å². The van der Waals surface area contributed by atoms with Crippen molar-refractivity contribution in [2.24, 2.45) is 5.92 Å². The summed E-state index contributed by atoms with van der Waals surface area (Å²) in [5, 5.41) is 0. The Bertz CT molecular complexity index is 1420. The zero-order valence-electron chi connectivity index (χ0n) is 21.9. The van der Waals surface area contributed by atoms with Gasteiger partial charge in [-0.15, -0.1) is 0 Å². The molecule has 1 unspecified atom stereocenters. The topological polar surface area (TPSA) is 115 Å². The van der Waals surface area contributed by atoms with Crippen molar-refractivity contribution in [3.63, 3.8) is 0 Å². The number of amides is 1. The van der Waals surface area contributed by atoms with Gasteiger partial charge in [-0.2, -0.15) is 0 Å². The predicted octanol–water partition coefficient (Wildman–Crippen LogP) is 4.86. The van der Waals surface area contributed by atoms with Crippen molar-refractivity contribution in [2.45, 2.75) is 57.6 Å². The summed E-state index contributed by atoms with van der Waals surface area (Å²) >= 11 is 0. The average Bonchev–Trinajstić information content (AvgIpc) is 3.10. The van der Waals surface area contributed by atoms with Crippen molar-refractivity contribution >= 4 is 27.4 Å². The van der Waals surface area contributed by atoms with Crippen molar-refractivity contribution in [1.82, 2.24) is 9.71 Å². The van der Waals surface area contributed by atoms with Gasteiger partial charge in [0.15, 0.2) is 0 Å². The van der Waals surface area contributed by atoms with E-state index >= 15 is 0 Å². The first-order valence-corrected chi connectivity index (χ1v) is 13.8. The van der Waals surface area contributed by atoms with E-state index in [4.69, 9.17) is 15.5 Å². The molecule has 0 radical (unpaired) electrons. The van der Waals surface area contributed by atoms with Crippen LogP contribution in [0.4, 0.5) is 11.5 Å². The Morgan fingerprint density at radius 2 is 1.89 bits per heavy atom. The summed E-state index contributed by atoms with van der Waals surface area (Å²) in [5.41, 5.74) is 7.39. The highest BCUT2D eigenvalue weighted by Crippen LogP contribution is 2.39. The molecule has 1 fully saturated rings. The van der Waals surface area contributed by atoms with Gasteiger partial charge in [-0.1, -0.05) is 31.2 Å². The lowest BCUT2D eigenvalue weighted by Gasteiger charge is -2.34. The fourth-order valence-electron chi connectivity index (χ4n) is 4.93. The number of anilines is 2. The van der Waals surface area contributed by atoms with Gasteiger partial charge in [-0.3, -0.25) is 4.79 Å². The number of nitrogens with two attached hydrogens (primary N) is 1. The quantitative estimate of drug-likeness (QED) is 0.426. The van der Waals surface area contributed by atoms with Gasteiger partial charge in [-0.05, 0) is 70.4 Å². The van der Waals surface area contributed by atoms with Crippen LogP contribution in [0.25, 0.3) is 11.1 Å². The second-order valence-corrected chi connectivity index (χ2v) is 12.2. The largest absolute Gasteiger partial charge is 0.490 e. The molecule has 0 aliphatic carbocycles. The van der Waals surface area contributed by atoms with Crippen LogP contribution < -0.4 is 20.1 Å². The molecule has 4 rings (SSSR count). The van der Waals surface area contributed by atoms with Crippen LogP contribution in [-0.4, -0.2) is 37.5 Å². The van der Waals surface area contributed by atoms with Crippen molar-refractivity contribution in [1.29, 1.82) is 0 Å². The number of nitrogens with one attached hydrogen (secondary N) is 1. The third-order valence-corrected chi connectivity index (χ3v) is 7.72. The van der Waals surface area contributed by atoms with Crippen molar-refractivity contribution in [3.8, 4) is 16.9 Å². The van der Waals surface area contributed by atoms with Crippen LogP contribution in [0.3, 0.4) is 0 Å². The van der Waals surface area contributed by atoms with Gasteiger partial charge < -0.3 is 15.4 Å². The molecule has 2 aromatic carbocycles. The van der Waals surface area contributed by atoms with Crippen LogP contribution in [0, 0.1) is 5.92 Å². The molecular formula is C28H34N4O4S. The number of rotatable bonds is 7. The monoisotopic (exact) mass is 522 g/mol. The number of aromatic nitrogens is 1. The molecule has 9 heteroatoms. The van der Waals surface area contributed by atoms with Gasteiger partial charge in [-0.25, -0.2) is 18.1 Å². The maximum Gasteiger partial charge on any atom is 0.268 e. The summed E-state index contributed by atoms with van der Waals surface area (Å²) in [7, 11) is -4.16. The lowest BCUT2D eigenvalue weighted by molar-refractivity contribution is 0.0981. The molecule has 0 spiro atoms. The molecule has 1 aliphatic rings. The van der Waals surface area contributed by atoms with Crippen LogP contribution in [0.15, 0.2) is 65.7 Å². The molecule has 0 saturated carbocycles.